The normalized spacial score (nSPS) is 19.6. The summed E-state index contributed by atoms with van der Waals surface area (Å²) in [6, 6.07) is 5.22. The van der Waals surface area contributed by atoms with E-state index in [1.807, 2.05) is 26.0 Å². The van der Waals surface area contributed by atoms with Gasteiger partial charge < -0.3 is 14.4 Å². The molecule has 1 amide bonds. The minimum absolute atomic E-state index is 0.0499. The number of hydrogen-bond acceptors (Lipinski definition) is 6. The van der Waals surface area contributed by atoms with E-state index in [-0.39, 0.29) is 24.2 Å². The number of aryl methyl sites for hydroxylation is 2. The highest BCUT2D eigenvalue weighted by Crippen LogP contribution is 2.19. The minimum atomic E-state index is -3.09. The highest BCUT2D eigenvalue weighted by atomic mass is 32.2. The van der Waals surface area contributed by atoms with Crippen molar-refractivity contribution in [2.24, 2.45) is 0 Å². The predicted octanol–water partition coefficient (Wildman–Crippen LogP) is 1.26. The molecule has 1 fully saturated rings. The summed E-state index contributed by atoms with van der Waals surface area (Å²) in [5.41, 5.74) is 2.00. The van der Waals surface area contributed by atoms with Gasteiger partial charge in [-0.25, -0.2) is 13.2 Å². The number of benzene rings is 1. The highest BCUT2D eigenvalue weighted by molar-refractivity contribution is 7.91. The maximum absolute atomic E-state index is 12.4. The second kappa shape index (κ2) is 8.07. The Morgan fingerprint density at radius 3 is 2.58 bits per heavy atom. The van der Waals surface area contributed by atoms with Gasteiger partial charge in [0.15, 0.2) is 22.5 Å². The van der Waals surface area contributed by atoms with Crippen LogP contribution in [0, 0.1) is 13.8 Å². The van der Waals surface area contributed by atoms with Gasteiger partial charge in [-0.15, -0.1) is 0 Å². The Morgan fingerprint density at radius 1 is 1.31 bits per heavy atom. The highest BCUT2D eigenvalue weighted by Gasteiger charge is 2.34. The number of rotatable bonds is 6. The van der Waals surface area contributed by atoms with Crippen molar-refractivity contribution < 1.29 is 27.5 Å². The number of sulfone groups is 1. The van der Waals surface area contributed by atoms with Crippen LogP contribution in [0.2, 0.25) is 0 Å². The summed E-state index contributed by atoms with van der Waals surface area (Å²) < 4.78 is 33.7. The molecule has 26 heavy (non-hydrogen) atoms. The van der Waals surface area contributed by atoms with Crippen molar-refractivity contribution in [1.29, 1.82) is 0 Å². The first-order valence-electron chi connectivity index (χ1n) is 8.45. The molecule has 144 valence electrons. The van der Waals surface area contributed by atoms with Gasteiger partial charge in [-0.2, -0.15) is 0 Å². The average molecular weight is 383 g/mol. The van der Waals surface area contributed by atoms with Gasteiger partial charge in [0.2, 0.25) is 0 Å². The minimum Gasteiger partial charge on any atom is -0.482 e. The third kappa shape index (κ3) is 5.20. The van der Waals surface area contributed by atoms with Gasteiger partial charge in [0.1, 0.15) is 5.75 Å². The maximum Gasteiger partial charge on any atom is 0.344 e. The molecule has 1 aromatic rings. The fourth-order valence-electron chi connectivity index (χ4n) is 2.93. The quantitative estimate of drug-likeness (QED) is 0.687. The fourth-order valence-corrected chi connectivity index (χ4v) is 4.70. The van der Waals surface area contributed by atoms with E-state index in [9.17, 15) is 18.0 Å². The van der Waals surface area contributed by atoms with Gasteiger partial charge in [-0.3, -0.25) is 4.79 Å². The Bertz CT molecular complexity index is 789. The summed E-state index contributed by atoms with van der Waals surface area (Å²) in [7, 11) is -1.56. The van der Waals surface area contributed by atoms with E-state index < -0.39 is 27.8 Å². The van der Waals surface area contributed by atoms with Crippen molar-refractivity contribution in [3.05, 3.63) is 29.3 Å². The van der Waals surface area contributed by atoms with E-state index in [4.69, 9.17) is 9.47 Å². The molecule has 0 aromatic heterocycles. The van der Waals surface area contributed by atoms with Gasteiger partial charge in [0.05, 0.1) is 11.5 Å². The first kappa shape index (κ1) is 20.2. The molecule has 0 aliphatic carbocycles. The Balaban J connectivity index is 1.85. The molecule has 2 rings (SSSR count). The Kier molecular flexibility index (Phi) is 6.28. The summed E-state index contributed by atoms with van der Waals surface area (Å²) in [4.78, 5) is 25.7. The molecule has 0 unspecified atom stereocenters. The van der Waals surface area contributed by atoms with Crippen LogP contribution in [0.4, 0.5) is 0 Å². The first-order chi connectivity index (χ1) is 12.1. The Labute approximate surface area is 154 Å². The third-order valence-electron chi connectivity index (χ3n) is 4.44. The van der Waals surface area contributed by atoms with Crippen LogP contribution in [-0.2, 0) is 24.2 Å². The van der Waals surface area contributed by atoms with Crippen LogP contribution in [0.15, 0.2) is 18.2 Å². The lowest BCUT2D eigenvalue weighted by atomic mass is 10.1. The van der Waals surface area contributed by atoms with E-state index in [0.29, 0.717) is 12.2 Å². The van der Waals surface area contributed by atoms with Crippen molar-refractivity contribution in [2.45, 2.75) is 39.3 Å². The number of likely N-dealkylation sites (N-methyl/N-ethyl adjacent to an activating group) is 1. The SMILES string of the molecule is Cc1ccc(OCC(=O)O[C@H](C)C(=O)N(C)[C@H]2CCS(=O)(=O)C2)c(C)c1. The second-order valence-corrected chi connectivity index (χ2v) is 8.92. The summed E-state index contributed by atoms with van der Waals surface area (Å²) in [6.45, 7) is 5.01. The predicted molar refractivity (Wildman–Crippen MR) is 96.8 cm³/mol. The molecule has 8 heteroatoms. The smallest absolute Gasteiger partial charge is 0.344 e. The van der Waals surface area contributed by atoms with Crippen LogP contribution < -0.4 is 4.74 Å². The first-order valence-corrected chi connectivity index (χ1v) is 10.3. The molecule has 1 aromatic carbocycles. The van der Waals surface area contributed by atoms with Crippen molar-refractivity contribution in [3.63, 3.8) is 0 Å². The molecular formula is C18H25NO6S. The summed E-state index contributed by atoms with van der Waals surface area (Å²) in [6.07, 6.45) is -0.598. The molecule has 1 heterocycles. The van der Waals surface area contributed by atoms with Crippen molar-refractivity contribution in [2.75, 3.05) is 25.2 Å². The largest absolute Gasteiger partial charge is 0.482 e. The molecular weight excluding hydrogens is 358 g/mol. The van der Waals surface area contributed by atoms with Crippen LogP contribution >= 0.6 is 0 Å². The van der Waals surface area contributed by atoms with Gasteiger partial charge in [0.25, 0.3) is 5.91 Å². The third-order valence-corrected chi connectivity index (χ3v) is 6.19. The number of carbonyl (C=O) groups excluding carboxylic acids is 2. The second-order valence-electron chi connectivity index (χ2n) is 6.70. The molecule has 0 saturated carbocycles. The number of hydrogen-bond donors (Lipinski definition) is 0. The van der Waals surface area contributed by atoms with E-state index >= 15 is 0 Å². The Hall–Kier alpha value is -2.09. The average Bonchev–Trinajstić information content (AvgIpc) is 2.92. The molecule has 0 N–H and O–H groups in total. The molecule has 2 atom stereocenters. The van der Waals surface area contributed by atoms with Gasteiger partial charge >= 0.3 is 5.97 Å². The van der Waals surface area contributed by atoms with E-state index in [1.165, 1.54) is 18.9 Å². The molecule has 1 saturated heterocycles. The van der Waals surface area contributed by atoms with Crippen molar-refractivity contribution in [1.82, 2.24) is 4.90 Å². The zero-order chi connectivity index (χ0) is 19.5. The lowest BCUT2D eigenvalue weighted by Gasteiger charge is -2.26. The number of ether oxygens (including phenoxy) is 2. The van der Waals surface area contributed by atoms with E-state index in [2.05, 4.69) is 0 Å². The molecule has 1 aliphatic heterocycles. The molecule has 0 spiro atoms. The standard InChI is InChI=1S/C18H25NO6S/c1-12-5-6-16(13(2)9-12)24-10-17(20)25-14(3)18(21)19(4)15-7-8-26(22,23)11-15/h5-6,9,14-15H,7-8,10-11H2,1-4H3/t14-,15+/m1/s1. The zero-order valence-corrected chi connectivity index (χ0v) is 16.3. The van der Waals surface area contributed by atoms with Crippen LogP contribution in [-0.4, -0.2) is 62.5 Å². The molecule has 0 bridgehead atoms. The lowest BCUT2D eigenvalue weighted by molar-refractivity contribution is -0.160. The lowest BCUT2D eigenvalue weighted by Crippen LogP contribution is -2.44. The van der Waals surface area contributed by atoms with E-state index in [0.717, 1.165) is 11.1 Å². The summed E-state index contributed by atoms with van der Waals surface area (Å²) in [5, 5.41) is 0. The van der Waals surface area contributed by atoms with Crippen molar-refractivity contribution >= 4 is 21.7 Å². The number of amides is 1. The van der Waals surface area contributed by atoms with Gasteiger partial charge in [-0.05, 0) is 38.8 Å². The Morgan fingerprint density at radius 2 is 2.00 bits per heavy atom. The monoisotopic (exact) mass is 383 g/mol. The number of carbonyl (C=O) groups is 2. The molecule has 0 radical (unpaired) electrons. The zero-order valence-electron chi connectivity index (χ0n) is 15.5. The molecule has 7 nitrogen and oxygen atoms in total. The van der Waals surface area contributed by atoms with Crippen LogP contribution in [0.3, 0.4) is 0 Å². The van der Waals surface area contributed by atoms with Gasteiger partial charge in [-0.1, -0.05) is 17.7 Å². The summed E-state index contributed by atoms with van der Waals surface area (Å²) in [5.74, 6) is -0.469. The van der Waals surface area contributed by atoms with E-state index in [1.54, 1.807) is 6.07 Å². The maximum atomic E-state index is 12.4. The number of esters is 1. The van der Waals surface area contributed by atoms with Crippen LogP contribution in [0.5, 0.6) is 5.75 Å². The van der Waals surface area contributed by atoms with Crippen LogP contribution in [0.25, 0.3) is 0 Å². The van der Waals surface area contributed by atoms with Crippen molar-refractivity contribution in [3.8, 4) is 5.75 Å². The fraction of sp³-hybridized carbons (Fsp3) is 0.556. The van der Waals surface area contributed by atoms with Gasteiger partial charge in [0, 0.05) is 13.1 Å². The molecule has 1 aliphatic rings. The summed E-state index contributed by atoms with van der Waals surface area (Å²) >= 11 is 0. The number of nitrogens with zero attached hydrogens (tertiary/aromatic N) is 1. The topological polar surface area (TPSA) is 90.0 Å². The van der Waals surface area contributed by atoms with Crippen LogP contribution in [0.1, 0.15) is 24.5 Å².